The van der Waals surface area contributed by atoms with Crippen molar-refractivity contribution in [2.24, 2.45) is 0 Å². The molecule has 1 atom stereocenters. The maximum Gasteiger partial charge on any atom is 0.163 e. The lowest BCUT2D eigenvalue weighted by molar-refractivity contribution is 0.351. The van der Waals surface area contributed by atoms with E-state index in [-0.39, 0.29) is 5.82 Å². The summed E-state index contributed by atoms with van der Waals surface area (Å²) in [5, 5.41) is 0. The third kappa shape index (κ3) is 3.18. The number of methoxy groups -OCH3 is 2. The summed E-state index contributed by atoms with van der Waals surface area (Å²) in [6.45, 7) is 1.67. The van der Waals surface area contributed by atoms with Gasteiger partial charge in [0.15, 0.2) is 11.5 Å². The Hall–Kier alpha value is -1.62. The molecule has 2 aromatic rings. The lowest BCUT2D eigenvalue weighted by Crippen LogP contribution is -2.01. The Kier molecular flexibility index (Phi) is 4.83. The Morgan fingerprint density at radius 1 is 0.952 bits per heavy atom. The van der Waals surface area contributed by atoms with Crippen molar-refractivity contribution >= 4 is 15.9 Å². The highest BCUT2D eigenvalue weighted by atomic mass is 79.9. The van der Waals surface area contributed by atoms with Crippen LogP contribution in [0.15, 0.2) is 30.3 Å². The first-order valence-electron chi connectivity index (χ1n) is 6.29. The Balaban J connectivity index is 2.47. The van der Waals surface area contributed by atoms with Crippen molar-refractivity contribution in [2.45, 2.75) is 11.8 Å². The standard InChI is InChI=1S/C16H15BrF2O2/c1-9-6-10(4-5-12(9)18)16(17)11-7-14(20-2)15(21-3)8-13(11)19/h4-8,16H,1-3H3. The average Bonchev–Trinajstić information content (AvgIpc) is 2.49. The van der Waals surface area contributed by atoms with E-state index in [0.29, 0.717) is 22.6 Å². The molecule has 2 nitrogen and oxygen atoms in total. The van der Waals surface area contributed by atoms with Crippen LogP contribution < -0.4 is 9.47 Å². The third-order valence-corrected chi connectivity index (χ3v) is 4.27. The van der Waals surface area contributed by atoms with Crippen molar-refractivity contribution in [1.82, 2.24) is 0 Å². The van der Waals surface area contributed by atoms with Gasteiger partial charge in [-0.05, 0) is 30.2 Å². The van der Waals surface area contributed by atoms with Crippen LogP contribution in [0.25, 0.3) is 0 Å². The Morgan fingerprint density at radius 3 is 2.14 bits per heavy atom. The summed E-state index contributed by atoms with van der Waals surface area (Å²) in [6.07, 6.45) is 0. The fourth-order valence-corrected chi connectivity index (χ4v) is 2.70. The second-order valence-electron chi connectivity index (χ2n) is 4.60. The van der Waals surface area contributed by atoms with Crippen molar-refractivity contribution in [3.63, 3.8) is 0 Å². The molecule has 0 bridgehead atoms. The molecular formula is C16H15BrF2O2. The highest BCUT2D eigenvalue weighted by Gasteiger charge is 2.19. The number of halogens is 3. The lowest BCUT2D eigenvalue weighted by Gasteiger charge is -2.16. The first kappa shape index (κ1) is 15.8. The monoisotopic (exact) mass is 356 g/mol. The van der Waals surface area contributed by atoms with Gasteiger partial charge in [-0.2, -0.15) is 0 Å². The van der Waals surface area contributed by atoms with Gasteiger partial charge in [-0.1, -0.05) is 28.1 Å². The quantitative estimate of drug-likeness (QED) is 0.734. The number of aryl methyl sites for hydroxylation is 1. The summed E-state index contributed by atoms with van der Waals surface area (Å²) in [5.41, 5.74) is 1.68. The number of ether oxygens (including phenoxy) is 2. The van der Waals surface area contributed by atoms with Gasteiger partial charge in [0.05, 0.1) is 19.0 Å². The van der Waals surface area contributed by atoms with Crippen LogP contribution in [-0.2, 0) is 0 Å². The van der Waals surface area contributed by atoms with Gasteiger partial charge < -0.3 is 9.47 Å². The molecule has 0 amide bonds. The molecule has 0 N–H and O–H groups in total. The molecule has 112 valence electrons. The van der Waals surface area contributed by atoms with Gasteiger partial charge in [-0.25, -0.2) is 8.78 Å². The summed E-state index contributed by atoms with van der Waals surface area (Å²) >= 11 is 3.45. The van der Waals surface area contributed by atoms with Crippen molar-refractivity contribution in [3.8, 4) is 11.5 Å². The summed E-state index contributed by atoms with van der Waals surface area (Å²) in [5.74, 6) is 0.0636. The highest BCUT2D eigenvalue weighted by molar-refractivity contribution is 9.09. The van der Waals surface area contributed by atoms with Crippen LogP contribution in [0.3, 0.4) is 0 Å². The van der Waals surface area contributed by atoms with Gasteiger partial charge in [0.2, 0.25) is 0 Å². The zero-order chi connectivity index (χ0) is 15.6. The number of alkyl halides is 1. The molecule has 0 saturated carbocycles. The molecular weight excluding hydrogens is 342 g/mol. The Bertz CT molecular complexity index is 659. The topological polar surface area (TPSA) is 18.5 Å². The SMILES string of the molecule is COc1cc(F)c(C(Br)c2ccc(F)c(C)c2)cc1OC. The molecule has 2 rings (SSSR count). The maximum absolute atomic E-state index is 14.2. The molecule has 2 aromatic carbocycles. The fourth-order valence-electron chi connectivity index (χ4n) is 2.07. The van der Waals surface area contributed by atoms with E-state index in [1.165, 1.54) is 26.4 Å². The molecule has 21 heavy (non-hydrogen) atoms. The maximum atomic E-state index is 14.2. The van der Waals surface area contributed by atoms with Crippen LogP contribution in [-0.4, -0.2) is 14.2 Å². The number of rotatable bonds is 4. The van der Waals surface area contributed by atoms with E-state index in [1.54, 1.807) is 25.1 Å². The normalized spacial score (nSPS) is 12.1. The molecule has 0 fully saturated rings. The zero-order valence-electron chi connectivity index (χ0n) is 11.9. The molecule has 0 saturated heterocycles. The molecule has 0 aliphatic rings. The van der Waals surface area contributed by atoms with Crippen LogP contribution in [0.4, 0.5) is 8.78 Å². The first-order chi connectivity index (χ1) is 9.97. The van der Waals surface area contributed by atoms with Crippen LogP contribution >= 0.6 is 15.9 Å². The van der Waals surface area contributed by atoms with E-state index in [1.807, 2.05) is 0 Å². The summed E-state index contributed by atoms with van der Waals surface area (Å²) in [6, 6.07) is 7.53. The van der Waals surface area contributed by atoms with Crippen molar-refractivity contribution < 1.29 is 18.3 Å². The van der Waals surface area contributed by atoms with Gasteiger partial charge in [-0.15, -0.1) is 0 Å². The summed E-state index contributed by atoms with van der Waals surface area (Å²) in [4.78, 5) is -0.406. The predicted octanol–water partition coefficient (Wildman–Crippen LogP) is 4.77. The summed E-state index contributed by atoms with van der Waals surface area (Å²) in [7, 11) is 2.94. The second kappa shape index (κ2) is 6.43. The van der Waals surface area contributed by atoms with Crippen LogP contribution in [0.5, 0.6) is 11.5 Å². The minimum Gasteiger partial charge on any atom is -0.493 e. The van der Waals surface area contributed by atoms with E-state index in [4.69, 9.17) is 9.47 Å². The van der Waals surface area contributed by atoms with Gasteiger partial charge in [0, 0.05) is 11.6 Å². The van der Waals surface area contributed by atoms with Crippen LogP contribution in [0.1, 0.15) is 21.5 Å². The number of hydrogen-bond acceptors (Lipinski definition) is 2. The predicted molar refractivity (Wildman–Crippen MR) is 81.4 cm³/mol. The van der Waals surface area contributed by atoms with Gasteiger partial charge >= 0.3 is 0 Å². The Labute approximate surface area is 130 Å². The van der Waals surface area contributed by atoms with Crippen molar-refractivity contribution in [2.75, 3.05) is 14.2 Å². The van der Waals surface area contributed by atoms with Crippen LogP contribution in [0.2, 0.25) is 0 Å². The van der Waals surface area contributed by atoms with Gasteiger partial charge in [-0.3, -0.25) is 0 Å². The van der Waals surface area contributed by atoms with Gasteiger partial charge in [0.25, 0.3) is 0 Å². The summed E-state index contributed by atoms with van der Waals surface area (Å²) < 4.78 is 37.8. The smallest absolute Gasteiger partial charge is 0.163 e. The molecule has 0 aliphatic heterocycles. The Morgan fingerprint density at radius 2 is 1.57 bits per heavy atom. The highest BCUT2D eigenvalue weighted by Crippen LogP contribution is 2.38. The fraction of sp³-hybridized carbons (Fsp3) is 0.250. The minimum absolute atomic E-state index is 0.286. The molecule has 0 aromatic heterocycles. The molecule has 0 radical (unpaired) electrons. The zero-order valence-corrected chi connectivity index (χ0v) is 13.5. The number of benzene rings is 2. The van der Waals surface area contributed by atoms with E-state index in [2.05, 4.69) is 15.9 Å². The molecule has 0 heterocycles. The third-order valence-electron chi connectivity index (χ3n) is 3.25. The van der Waals surface area contributed by atoms with Crippen molar-refractivity contribution in [1.29, 1.82) is 0 Å². The minimum atomic E-state index is -0.420. The van der Waals surface area contributed by atoms with Gasteiger partial charge in [0.1, 0.15) is 11.6 Å². The largest absolute Gasteiger partial charge is 0.493 e. The van der Waals surface area contributed by atoms with E-state index in [0.717, 1.165) is 5.56 Å². The van der Waals surface area contributed by atoms with E-state index < -0.39 is 10.6 Å². The second-order valence-corrected chi connectivity index (χ2v) is 5.52. The molecule has 0 spiro atoms. The molecule has 1 unspecified atom stereocenters. The number of hydrogen-bond donors (Lipinski definition) is 0. The molecule has 5 heteroatoms. The van der Waals surface area contributed by atoms with Crippen molar-refractivity contribution in [3.05, 3.63) is 58.7 Å². The average molecular weight is 357 g/mol. The van der Waals surface area contributed by atoms with Crippen LogP contribution in [0, 0.1) is 18.6 Å². The molecule has 0 aliphatic carbocycles. The lowest BCUT2D eigenvalue weighted by atomic mass is 10.0. The first-order valence-corrected chi connectivity index (χ1v) is 7.21. The van der Waals surface area contributed by atoms with E-state index in [9.17, 15) is 8.78 Å². The van der Waals surface area contributed by atoms with E-state index >= 15 is 0 Å².